The summed E-state index contributed by atoms with van der Waals surface area (Å²) in [7, 11) is 0. The first-order valence-electron chi connectivity index (χ1n) is 5.84. The Bertz CT molecular complexity index is 529. The van der Waals surface area contributed by atoms with Gasteiger partial charge in [0.2, 0.25) is 5.91 Å². The van der Waals surface area contributed by atoms with Crippen LogP contribution in [0.5, 0.6) is 0 Å². The molecule has 3 N–H and O–H groups in total. The molecule has 0 aliphatic rings. The highest BCUT2D eigenvalue weighted by Crippen LogP contribution is 2.22. The van der Waals surface area contributed by atoms with E-state index in [1.54, 1.807) is 11.3 Å². The highest BCUT2D eigenvalue weighted by molar-refractivity contribution is 7.18. The minimum atomic E-state index is -0.302. The Kier molecular flexibility index (Phi) is 3.63. The molecule has 0 fully saturated rings. The monoisotopic (exact) mass is 263 g/mol. The number of hydrogen-bond acceptors (Lipinski definition) is 4. The number of nitrogens with one attached hydrogen (secondary N) is 1. The number of rotatable bonds is 5. The number of thiazole rings is 1. The summed E-state index contributed by atoms with van der Waals surface area (Å²) >= 11 is 1.67. The largest absolute Gasteiger partial charge is 0.370 e. The Labute approximate surface area is 110 Å². The lowest BCUT2D eigenvalue weighted by atomic mass is 10.0. The molecule has 0 saturated heterocycles. The van der Waals surface area contributed by atoms with Crippen LogP contribution in [0.1, 0.15) is 25.3 Å². The van der Waals surface area contributed by atoms with Crippen molar-refractivity contribution >= 4 is 27.5 Å². The van der Waals surface area contributed by atoms with Gasteiger partial charge >= 0.3 is 0 Å². The average Bonchev–Trinajstić information content (AvgIpc) is 2.67. The van der Waals surface area contributed by atoms with Crippen LogP contribution in [0.15, 0.2) is 24.3 Å². The van der Waals surface area contributed by atoms with Crippen LogP contribution in [0.3, 0.4) is 0 Å². The molecule has 2 rings (SSSR count). The number of hydrogen-bond donors (Lipinski definition) is 2. The van der Waals surface area contributed by atoms with Gasteiger partial charge in [0.25, 0.3) is 0 Å². The minimum absolute atomic E-state index is 0.295. The van der Waals surface area contributed by atoms with Gasteiger partial charge in [-0.1, -0.05) is 12.1 Å². The molecule has 0 spiro atoms. The molecule has 1 aromatic carbocycles. The summed E-state index contributed by atoms with van der Waals surface area (Å²) in [5.41, 5.74) is 5.94. The Morgan fingerprint density at radius 1 is 1.44 bits per heavy atom. The van der Waals surface area contributed by atoms with Crippen LogP contribution >= 0.6 is 11.3 Å². The van der Waals surface area contributed by atoms with E-state index in [0.29, 0.717) is 13.0 Å². The van der Waals surface area contributed by atoms with E-state index in [4.69, 9.17) is 5.73 Å². The molecule has 1 heterocycles. The summed E-state index contributed by atoms with van der Waals surface area (Å²) in [5.74, 6) is -0.295. The molecule has 0 saturated carbocycles. The van der Waals surface area contributed by atoms with Crippen molar-refractivity contribution in [3.05, 3.63) is 29.3 Å². The molecular formula is C13H17N3OS. The number of nitrogens with two attached hydrogens (primary N) is 1. The third-order valence-corrected chi connectivity index (χ3v) is 3.71. The Hall–Kier alpha value is -1.46. The van der Waals surface area contributed by atoms with Gasteiger partial charge in [-0.25, -0.2) is 4.98 Å². The van der Waals surface area contributed by atoms with Gasteiger partial charge in [0.1, 0.15) is 5.01 Å². The van der Waals surface area contributed by atoms with E-state index in [1.807, 2.05) is 32.0 Å². The second kappa shape index (κ2) is 5.04. The number of aromatic nitrogens is 1. The van der Waals surface area contributed by atoms with Crippen LogP contribution in [0.4, 0.5) is 0 Å². The van der Waals surface area contributed by atoms with E-state index in [-0.39, 0.29) is 11.4 Å². The fraction of sp³-hybridized carbons (Fsp3) is 0.385. The first kappa shape index (κ1) is 13.0. The number of amides is 1. The van der Waals surface area contributed by atoms with E-state index in [2.05, 4.69) is 16.4 Å². The number of benzene rings is 1. The van der Waals surface area contributed by atoms with E-state index < -0.39 is 0 Å². The van der Waals surface area contributed by atoms with Crippen molar-refractivity contribution in [3.8, 4) is 0 Å². The standard InChI is InChI=1S/C13H17N3OS/c1-13(2,7-11(14)17)15-8-12-16-9-5-3-4-6-10(9)18-12/h3-6,15H,7-8H2,1-2H3,(H2,14,17). The van der Waals surface area contributed by atoms with Gasteiger partial charge in [-0.2, -0.15) is 0 Å². The van der Waals surface area contributed by atoms with Crippen molar-refractivity contribution in [2.75, 3.05) is 0 Å². The maximum atomic E-state index is 10.9. The highest BCUT2D eigenvalue weighted by Gasteiger charge is 2.20. The molecule has 0 unspecified atom stereocenters. The predicted octanol–water partition coefficient (Wildman–Crippen LogP) is 2.04. The molecular weight excluding hydrogens is 246 g/mol. The summed E-state index contributed by atoms with van der Waals surface area (Å²) in [6.07, 6.45) is 0.317. The Morgan fingerprint density at radius 3 is 2.83 bits per heavy atom. The molecule has 1 amide bonds. The van der Waals surface area contributed by atoms with E-state index in [1.165, 1.54) is 4.70 Å². The average molecular weight is 263 g/mol. The van der Waals surface area contributed by atoms with Crippen molar-refractivity contribution in [2.24, 2.45) is 5.73 Å². The number of fused-ring (bicyclic) bond motifs is 1. The van der Waals surface area contributed by atoms with Crippen LogP contribution < -0.4 is 11.1 Å². The molecule has 4 nitrogen and oxygen atoms in total. The van der Waals surface area contributed by atoms with Crippen LogP contribution in [0, 0.1) is 0 Å². The zero-order valence-corrected chi connectivity index (χ0v) is 11.4. The molecule has 0 aliphatic carbocycles. The quantitative estimate of drug-likeness (QED) is 0.867. The minimum Gasteiger partial charge on any atom is -0.370 e. The van der Waals surface area contributed by atoms with Crippen LogP contribution in [0.25, 0.3) is 10.2 Å². The zero-order chi connectivity index (χ0) is 13.2. The summed E-state index contributed by atoms with van der Waals surface area (Å²) in [6.45, 7) is 4.58. The molecule has 0 bridgehead atoms. The number of para-hydroxylation sites is 1. The molecule has 0 aliphatic heterocycles. The van der Waals surface area contributed by atoms with E-state index >= 15 is 0 Å². The maximum Gasteiger partial charge on any atom is 0.219 e. The zero-order valence-electron chi connectivity index (χ0n) is 10.6. The molecule has 0 radical (unpaired) electrons. The third-order valence-electron chi connectivity index (χ3n) is 2.67. The van der Waals surface area contributed by atoms with Crippen molar-refractivity contribution in [1.29, 1.82) is 0 Å². The van der Waals surface area contributed by atoms with Gasteiger partial charge in [0.05, 0.1) is 10.2 Å². The first-order chi connectivity index (χ1) is 8.46. The van der Waals surface area contributed by atoms with Gasteiger partial charge in [-0.3, -0.25) is 4.79 Å². The van der Waals surface area contributed by atoms with Gasteiger partial charge in [-0.15, -0.1) is 11.3 Å². The van der Waals surface area contributed by atoms with E-state index in [9.17, 15) is 4.79 Å². The Morgan fingerprint density at radius 2 is 2.17 bits per heavy atom. The van der Waals surface area contributed by atoms with Gasteiger partial charge < -0.3 is 11.1 Å². The van der Waals surface area contributed by atoms with Crippen molar-refractivity contribution in [2.45, 2.75) is 32.4 Å². The maximum absolute atomic E-state index is 10.9. The predicted molar refractivity (Wildman–Crippen MR) is 74.4 cm³/mol. The van der Waals surface area contributed by atoms with Crippen LogP contribution in [-0.4, -0.2) is 16.4 Å². The molecule has 0 atom stereocenters. The van der Waals surface area contributed by atoms with Crippen LogP contribution in [0.2, 0.25) is 0 Å². The fourth-order valence-electron chi connectivity index (χ4n) is 1.81. The van der Waals surface area contributed by atoms with Gasteiger partial charge in [0, 0.05) is 18.5 Å². The number of carbonyl (C=O) groups excluding carboxylic acids is 1. The molecule has 18 heavy (non-hydrogen) atoms. The van der Waals surface area contributed by atoms with Crippen LogP contribution in [-0.2, 0) is 11.3 Å². The lowest BCUT2D eigenvalue weighted by Gasteiger charge is -2.24. The topological polar surface area (TPSA) is 68.0 Å². The molecule has 5 heteroatoms. The van der Waals surface area contributed by atoms with Gasteiger partial charge in [-0.05, 0) is 26.0 Å². The summed E-state index contributed by atoms with van der Waals surface area (Å²) in [5, 5.41) is 4.34. The fourth-order valence-corrected chi connectivity index (χ4v) is 2.72. The van der Waals surface area contributed by atoms with Crippen molar-refractivity contribution in [3.63, 3.8) is 0 Å². The lowest BCUT2D eigenvalue weighted by molar-refractivity contribution is -0.119. The highest BCUT2D eigenvalue weighted by atomic mass is 32.1. The lowest BCUT2D eigenvalue weighted by Crippen LogP contribution is -2.42. The molecule has 2 aromatic rings. The molecule has 1 aromatic heterocycles. The van der Waals surface area contributed by atoms with E-state index in [0.717, 1.165) is 10.5 Å². The second-order valence-corrected chi connectivity index (χ2v) is 6.07. The number of primary amides is 1. The molecule has 96 valence electrons. The normalized spacial score (nSPS) is 11.9. The number of nitrogens with zero attached hydrogens (tertiary/aromatic N) is 1. The second-order valence-electron chi connectivity index (χ2n) is 4.96. The summed E-state index contributed by atoms with van der Waals surface area (Å²) < 4.78 is 1.18. The smallest absolute Gasteiger partial charge is 0.219 e. The number of carbonyl (C=O) groups is 1. The van der Waals surface area contributed by atoms with Gasteiger partial charge in [0.15, 0.2) is 0 Å². The third kappa shape index (κ3) is 3.27. The summed E-state index contributed by atoms with van der Waals surface area (Å²) in [4.78, 5) is 15.5. The van der Waals surface area contributed by atoms with Crippen molar-refractivity contribution in [1.82, 2.24) is 10.3 Å². The van der Waals surface area contributed by atoms with Crippen molar-refractivity contribution < 1.29 is 4.79 Å². The Balaban J connectivity index is 2.03. The first-order valence-corrected chi connectivity index (χ1v) is 6.66. The summed E-state index contributed by atoms with van der Waals surface area (Å²) in [6, 6.07) is 8.06. The SMILES string of the molecule is CC(C)(CC(N)=O)NCc1nc2ccccc2s1.